The Morgan fingerprint density at radius 3 is 2.39 bits per heavy atom. The van der Waals surface area contributed by atoms with Crippen LogP contribution in [0.2, 0.25) is 0 Å². The van der Waals surface area contributed by atoms with Crippen LogP contribution in [0.25, 0.3) is 0 Å². The largest absolute Gasteiger partial charge is 0.344 e. The molecule has 100 valence electrons. The fourth-order valence-electron chi connectivity index (χ4n) is 2.64. The molecule has 0 bridgehead atoms. The lowest BCUT2D eigenvalue weighted by Gasteiger charge is -2.16. The zero-order valence-electron chi connectivity index (χ0n) is 9.89. The van der Waals surface area contributed by atoms with Crippen LogP contribution in [0.4, 0.5) is 0 Å². The summed E-state index contributed by atoms with van der Waals surface area (Å²) in [4.78, 5) is 22.7. The molecule has 0 aromatic carbocycles. The second kappa shape index (κ2) is 3.69. The van der Waals surface area contributed by atoms with E-state index >= 15 is 0 Å². The molecule has 0 radical (unpaired) electrons. The van der Waals surface area contributed by atoms with Gasteiger partial charge in [-0.3, -0.25) is 14.3 Å². The maximum Gasteiger partial charge on any atom is 0.259 e. The van der Waals surface area contributed by atoms with Crippen molar-refractivity contribution in [1.82, 2.24) is 10.0 Å². The summed E-state index contributed by atoms with van der Waals surface area (Å²) in [5.41, 5.74) is -0.967. The molecule has 7 heteroatoms. The molecule has 3 fully saturated rings. The Balaban J connectivity index is 1.71. The van der Waals surface area contributed by atoms with E-state index in [1.54, 1.807) is 0 Å². The summed E-state index contributed by atoms with van der Waals surface area (Å²) >= 11 is 0. The monoisotopic (exact) mass is 272 g/mol. The first-order chi connectivity index (χ1) is 8.49. The standard InChI is InChI=1S/C11H16N2O4S/c14-6-12-11(5-9(11)7-1-2-7)10(15)13-18(16,17)8-3-4-8/h6-9H,1-5H2,(H,12,14)(H,13,15)/t9-,11-/m1/s1. The highest BCUT2D eigenvalue weighted by molar-refractivity contribution is 7.90. The number of carbonyl (C=O) groups excluding carboxylic acids is 2. The van der Waals surface area contributed by atoms with Gasteiger partial charge in [-0.25, -0.2) is 8.42 Å². The number of nitrogens with one attached hydrogen (secondary N) is 2. The molecule has 0 unspecified atom stereocenters. The predicted octanol–water partition coefficient (Wildman–Crippen LogP) is -0.491. The Bertz CT molecular complexity index is 495. The summed E-state index contributed by atoms with van der Waals surface area (Å²) in [6, 6.07) is 0. The van der Waals surface area contributed by atoms with Crippen molar-refractivity contribution in [2.24, 2.45) is 11.8 Å². The van der Waals surface area contributed by atoms with Gasteiger partial charge >= 0.3 is 0 Å². The highest BCUT2D eigenvalue weighted by Crippen LogP contribution is 2.57. The summed E-state index contributed by atoms with van der Waals surface area (Å²) in [6.07, 6.45) is 4.41. The summed E-state index contributed by atoms with van der Waals surface area (Å²) in [5.74, 6) is 0.0160. The molecule has 0 aliphatic heterocycles. The highest BCUT2D eigenvalue weighted by Gasteiger charge is 2.65. The Kier molecular flexibility index (Phi) is 2.45. The van der Waals surface area contributed by atoms with E-state index in [-0.39, 0.29) is 5.92 Å². The fourth-order valence-corrected chi connectivity index (χ4v) is 4.00. The second-order valence-electron chi connectivity index (χ2n) is 5.56. The summed E-state index contributed by atoms with van der Waals surface area (Å²) < 4.78 is 25.6. The number of carbonyl (C=O) groups is 2. The van der Waals surface area contributed by atoms with Crippen LogP contribution in [0.15, 0.2) is 0 Å². The Hall–Kier alpha value is -1.11. The first-order valence-corrected chi connectivity index (χ1v) is 7.81. The number of sulfonamides is 1. The van der Waals surface area contributed by atoms with Crippen LogP contribution in [0, 0.1) is 11.8 Å². The van der Waals surface area contributed by atoms with Crippen molar-refractivity contribution >= 4 is 22.3 Å². The molecule has 2 N–H and O–H groups in total. The van der Waals surface area contributed by atoms with Crippen LogP contribution in [-0.2, 0) is 19.6 Å². The van der Waals surface area contributed by atoms with E-state index in [9.17, 15) is 18.0 Å². The fraction of sp³-hybridized carbons (Fsp3) is 0.818. The normalized spacial score (nSPS) is 34.8. The topological polar surface area (TPSA) is 92.3 Å². The first-order valence-electron chi connectivity index (χ1n) is 6.27. The summed E-state index contributed by atoms with van der Waals surface area (Å²) in [5, 5.41) is 2.11. The van der Waals surface area contributed by atoms with Gasteiger partial charge in [-0.1, -0.05) is 0 Å². The molecule has 2 atom stereocenters. The van der Waals surface area contributed by atoms with Gasteiger partial charge in [-0.05, 0) is 43.9 Å². The van der Waals surface area contributed by atoms with Crippen molar-refractivity contribution in [1.29, 1.82) is 0 Å². The van der Waals surface area contributed by atoms with E-state index in [2.05, 4.69) is 10.0 Å². The molecule has 0 heterocycles. The molecule has 0 aromatic rings. The third kappa shape index (κ3) is 1.90. The molecule has 0 saturated heterocycles. The van der Waals surface area contributed by atoms with Gasteiger partial charge in [0.25, 0.3) is 5.91 Å². The number of hydrogen-bond acceptors (Lipinski definition) is 4. The molecular formula is C11H16N2O4S. The van der Waals surface area contributed by atoms with Crippen LogP contribution in [0.3, 0.4) is 0 Å². The summed E-state index contributed by atoms with van der Waals surface area (Å²) in [6.45, 7) is 0. The third-order valence-electron chi connectivity index (χ3n) is 4.13. The zero-order valence-corrected chi connectivity index (χ0v) is 10.7. The van der Waals surface area contributed by atoms with Gasteiger partial charge < -0.3 is 5.32 Å². The Morgan fingerprint density at radius 2 is 1.89 bits per heavy atom. The van der Waals surface area contributed by atoms with Crippen LogP contribution >= 0.6 is 0 Å². The van der Waals surface area contributed by atoms with Crippen molar-refractivity contribution in [3.05, 3.63) is 0 Å². The van der Waals surface area contributed by atoms with Crippen molar-refractivity contribution in [3.63, 3.8) is 0 Å². The van der Waals surface area contributed by atoms with E-state index in [1.165, 1.54) is 0 Å². The average Bonchev–Trinajstić information content (AvgIpc) is 3.07. The van der Waals surface area contributed by atoms with Crippen molar-refractivity contribution < 1.29 is 18.0 Å². The minimum absolute atomic E-state index is 0.108. The molecule has 3 aliphatic carbocycles. The van der Waals surface area contributed by atoms with Crippen LogP contribution in [-0.4, -0.2) is 31.5 Å². The molecule has 2 amide bonds. The molecule has 0 spiro atoms. The van der Waals surface area contributed by atoms with Crippen molar-refractivity contribution in [3.8, 4) is 0 Å². The molecule has 0 aromatic heterocycles. The van der Waals surface area contributed by atoms with Gasteiger partial charge in [0.15, 0.2) is 0 Å². The van der Waals surface area contributed by atoms with Gasteiger partial charge in [-0.2, -0.15) is 0 Å². The molecule has 3 aliphatic rings. The van der Waals surface area contributed by atoms with Gasteiger partial charge in [-0.15, -0.1) is 0 Å². The minimum Gasteiger partial charge on any atom is -0.344 e. The molecular weight excluding hydrogens is 256 g/mol. The lowest BCUT2D eigenvalue weighted by Crippen LogP contribution is -2.50. The Morgan fingerprint density at radius 1 is 1.22 bits per heavy atom. The smallest absolute Gasteiger partial charge is 0.259 e. The van der Waals surface area contributed by atoms with Gasteiger partial charge in [0.1, 0.15) is 5.54 Å². The van der Waals surface area contributed by atoms with Crippen molar-refractivity contribution in [2.45, 2.75) is 42.9 Å². The van der Waals surface area contributed by atoms with Gasteiger partial charge in [0, 0.05) is 0 Å². The number of amides is 2. The lowest BCUT2D eigenvalue weighted by atomic mass is 10.1. The summed E-state index contributed by atoms with van der Waals surface area (Å²) in [7, 11) is -3.53. The maximum atomic E-state index is 12.1. The number of rotatable bonds is 6. The third-order valence-corrected chi connectivity index (χ3v) is 5.94. The van der Waals surface area contributed by atoms with Crippen molar-refractivity contribution in [2.75, 3.05) is 0 Å². The second-order valence-corrected chi connectivity index (χ2v) is 7.52. The SMILES string of the molecule is O=CN[C@]1(C(=O)NS(=O)(=O)C2CC2)C[C@@H]1C1CC1. The predicted molar refractivity (Wildman–Crippen MR) is 62.8 cm³/mol. The zero-order chi connectivity index (χ0) is 13.0. The quantitative estimate of drug-likeness (QED) is 0.638. The average molecular weight is 272 g/mol. The van der Waals surface area contributed by atoms with E-state index in [0.717, 1.165) is 12.8 Å². The highest BCUT2D eigenvalue weighted by atomic mass is 32.2. The van der Waals surface area contributed by atoms with E-state index in [0.29, 0.717) is 31.6 Å². The Labute approximate surface area is 106 Å². The molecule has 18 heavy (non-hydrogen) atoms. The van der Waals surface area contributed by atoms with Gasteiger partial charge in [0.2, 0.25) is 16.4 Å². The van der Waals surface area contributed by atoms with Crippen LogP contribution in [0.5, 0.6) is 0 Å². The maximum absolute atomic E-state index is 12.1. The first kappa shape index (κ1) is 12.0. The van der Waals surface area contributed by atoms with Crippen LogP contribution in [0.1, 0.15) is 32.1 Å². The van der Waals surface area contributed by atoms with E-state index in [4.69, 9.17) is 0 Å². The molecule has 6 nitrogen and oxygen atoms in total. The van der Waals surface area contributed by atoms with E-state index < -0.39 is 26.7 Å². The van der Waals surface area contributed by atoms with Crippen LogP contribution < -0.4 is 10.0 Å². The molecule has 3 rings (SSSR count). The minimum atomic E-state index is -3.53. The number of hydrogen-bond donors (Lipinski definition) is 2. The van der Waals surface area contributed by atoms with Gasteiger partial charge in [0.05, 0.1) is 5.25 Å². The lowest BCUT2D eigenvalue weighted by molar-refractivity contribution is -0.125. The molecule has 3 saturated carbocycles. The van der Waals surface area contributed by atoms with E-state index in [1.807, 2.05) is 0 Å².